The highest BCUT2D eigenvalue weighted by molar-refractivity contribution is 5.83. The summed E-state index contributed by atoms with van der Waals surface area (Å²) in [6.07, 6.45) is 3.69. The Labute approximate surface area is 216 Å². The number of piperazine rings is 1. The van der Waals surface area contributed by atoms with Crippen molar-refractivity contribution in [2.75, 3.05) is 43.9 Å². The fourth-order valence-corrected chi connectivity index (χ4v) is 4.78. The first-order valence-corrected chi connectivity index (χ1v) is 12.6. The number of aromatic nitrogens is 3. The minimum atomic E-state index is 0.530. The van der Waals surface area contributed by atoms with Gasteiger partial charge in [0.2, 0.25) is 0 Å². The number of ether oxygens (including phenoxy) is 1. The second-order valence-electron chi connectivity index (χ2n) is 9.49. The number of nitrogen functional groups attached to an aromatic ring is 1. The van der Waals surface area contributed by atoms with E-state index in [1.54, 1.807) is 4.52 Å². The number of hydrogen-bond donors (Lipinski definition) is 1. The summed E-state index contributed by atoms with van der Waals surface area (Å²) in [6.45, 7) is 4.73. The van der Waals surface area contributed by atoms with Gasteiger partial charge in [-0.15, -0.1) is 0 Å². The molecule has 3 heterocycles. The summed E-state index contributed by atoms with van der Waals surface area (Å²) in [5.41, 5.74) is 13.6. The molecule has 0 atom stereocenters. The third-order valence-electron chi connectivity index (χ3n) is 7.00. The maximum Gasteiger partial charge on any atom is 0.165 e. The average molecular weight is 491 g/mol. The van der Waals surface area contributed by atoms with Crippen LogP contribution in [-0.2, 0) is 6.61 Å². The van der Waals surface area contributed by atoms with Crippen LogP contribution in [0, 0.1) is 0 Å². The molecule has 7 heteroatoms. The monoisotopic (exact) mass is 490 g/mol. The van der Waals surface area contributed by atoms with Crippen molar-refractivity contribution in [1.29, 1.82) is 0 Å². The van der Waals surface area contributed by atoms with Crippen molar-refractivity contribution in [3.05, 3.63) is 96.8 Å². The van der Waals surface area contributed by atoms with Crippen molar-refractivity contribution >= 4 is 17.2 Å². The summed E-state index contributed by atoms with van der Waals surface area (Å²) in [7, 11) is 2.17. The average Bonchev–Trinajstić information content (AvgIpc) is 3.39. The summed E-state index contributed by atoms with van der Waals surface area (Å²) in [4.78, 5) is 9.57. The Morgan fingerprint density at radius 3 is 2.38 bits per heavy atom. The summed E-state index contributed by atoms with van der Waals surface area (Å²) < 4.78 is 7.65. The third-order valence-corrected chi connectivity index (χ3v) is 7.00. The van der Waals surface area contributed by atoms with Gasteiger partial charge in [-0.3, -0.25) is 0 Å². The Hall–Kier alpha value is -4.36. The van der Waals surface area contributed by atoms with Crippen molar-refractivity contribution in [2.45, 2.75) is 6.61 Å². The zero-order valence-corrected chi connectivity index (χ0v) is 20.9. The molecule has 1 saturated heterocycles. The minimum absolute atomic E-state index is 0.530. The third kappa shape index (κ3) is 4.73. The van der Waals surface area contributed by atoms with Crippen LogP contribution in [0.3, 0.4) is 0 Å². The van der Waals surface area contributed by atoms with E-state index in [2.05, 4.69) is 58.3 Å². The Bertz CT molecular complexity index is 1500. The van der Waals surface area contributed by atoms with Crippen molar-refractivity contribution in [3.8, 4) is 28.0 Å². The van der Waals surface area contributed by atoms with E-state index in [-0.39, 0.29) is 0 Å². The fourth-order valence-electron chi connectivity index (χ4n) is 4.78. The van der Waals surface area contributed by atoms with Gasteiger partial charge in [0.15, 0.2) is 5.65 Å². The summed E-state index contributed by atoms with van der Waals surface area (Å²) >= 11 is 0. The first kappa shape index (κ1) is 23.1. The first-order chi connectivity index (χ1) is 18.2. The number of fused-ring (bicyclic) bond motifs is 1. The topological polar surface area (TPSA) is 71.9 Å². The van der Waals surface area contributed by atoms with Gasteiger partial charge in [0.1, 0.15) is 18.2 Å². The first-order valence-electron chi connectivity index (χ1n) is 12.6. The molecular weight excluding hydrogens is 460 g/mol. The molecule has 1 aliphatic heterocycles. The van der Waals surface area contributed by atoms with Gasteiger partial charge < -0.3 is 20.3 Å². The molecule has 2 aromatic heterocycles. The largest absolute Gasteiger partial charge is 0.489 e. The highest BCUT2D eigenvalue weighted by Gasteiger charge is 2.17. The Balaban J connectivity index is 1.24. The van der Waals surface area contributed by atoms with E-state index in [9.17, 15) is 0 Å². The van der Waals surface area contributed by atoms with Crippen LogP contribution in [0.25, 0.3) is 27.9 Å². The highest BCUT2D eigenvalue weighted by atomic mass is 16.5. The van der Waals surface area contributed by atoms with Crippen LogP contribution >= 0.6 is 0 Å². The van der Waals surface area contributed by atoms with Gasteiger partial charge in [-0.1, -0.05) is 54.6 Å². The fraction of sp³-hybridized carbons (Fsp3) is 0.200. The lowest BCUT2D eigenvalue weighted by Gasteiger charge is -2.34. The minimum Gasteiger partial charge on any atom is -0.489 e. The van der Waals surface area contributed by atoms with Crippen LogP contribution in [0.2, 0.25) is 0 Å². The summed E-state index contributed by atoms with van der Waals surface area (Å²) in [5, 5.41) is 4.60. The molecule has 2 N–H and O–H groups in total. The molecule has 0 spiro atoms. The van der Waals surface area contributed by atoms with Crippen molar-refractivity contribution in [1.82, 2.24) is 19.5 Å². The number of rotatable bonds is 6. The van der Waals surface area contributed by atoms with Gasteiger partial charge in [0, 0.05) is 49.2 Å². The Morgan fingerprint density at radius 2 is 1.59 bits per heavy atom. The standard InChI is InChI=1S/C30H30N6O/c1-34-14-16-35(17-15-34)25-9-5-8-24(18-25)28-20-33-36-29(31)27(19-32-30(28)36)23-10-12-26(13-11-23)37-21-22-6-3-2-4-7-22/h2-13,18-20H,14-17,21,31H2,1H3. The molecule has 0 amide bonds. The van der Waals surface area contributed by atoms with Gasteiger partial charge in [0.05, 0.1) is 6.20 Å². The molecule has 0 unspecified atom stereocenters. The molecule has 0 bridgehead atoms. The zero-order valence-electron chi connectivity index (χ0n) is 20.9. The lowest BCUT2D eigenvalue weighted by molar-refractivity contribution is 0.306. The van der Waals surface area contributed by atoms with Gasteiger partial charge in [-0.25, -0.2) is 4.98 Å². The second-order valence-corrected chi connectivity index (χ2v) is 9.49. The maximum absolute atomic E-state index is 6.59. The molecule has 6 rings (SSSR count). The second kappa shape index (κ2) is 9.95. The Morgan fingerprint density at radius 1 is 0.811 bits per heavy atom. The predicted molar refractivity (Wildman–Crippen MR) is 149 cm³/mol. The number of nitrogens with zero attached hydrogens (tertiary/aromatic N) is 5. The van der Waals surface area contributed by atoms with Crippen LogP contribution in [-0.4, -0.2) is 52.7 Å². The van der Waals surface area contributed by atoms with Gasteiger partial charge >= 0.3 is 0 Å². The summed E-state index contributed by atoms with van der Waals surface area (Å²) in [5.74, 6) is 1.37. The number of benzene rings is 3. The van der Waals surface area contributed by atoms with Crippen LogP contribution in [0.15, 0.2) is 91.3 Å². The number of nitrogens with two attached hydrogens (primary N) is 1. The van der Waals surface area contributed by atoms with Crippen LogP contribution in [0.1, 0.15) is 5.56 Å². The quantitative estimate of drug-likeness (QED) is 0.362. The van der Waals surface area contributed by atoms with E-state index in [1.165, 1.54) is 5.69 Å². The molecule has 1 fully saturated rings. The molecular formula is C30H30N6O. The van der Waals surface area contributed by atoms with E-state index < -0.39 is 0 Å². The van der Waals surface area contributed by atoms with Gasteiger partial charge in [-0.2, -0.15) is 9.61 Å². The normalized spacial score (nSPS) is 14.2. The van der Waals surface area contributed by atoms with Crippen molar-refractivity contribution in [3.63, 3.8) is 0 Å². The molecule has 0 radical (unpaired) electrons. The van der Waals surface area contributed by atoms with E-state index >= 15 is 0 Å². The van der Waals surface area contributed by atoms with Crippen LogP contribution in [0.5, 0.6) is 5.75 Å². The van der Waals surface area contributed by atoms with E-state index in [1.807, 2.05) is 54.9 Å². The molecule has 5 aromatic rings. The SMILES string of the molecule is CN1CCN(c2cccc(-c3cnn4c(N)c(-c5ccc(OCc6ccccc6)cc5)cnc34)c2)CC1. The molecule has 3 aromatic carbocycles. The highest BCUT2D eigenvalue weighted by Crippen LogP contribution is 2.32. The lowest BCUT2D eigenvalue weighted by Crippen LogP contribution is -2.44. The van der Waals surface area contributed by atoms with Gasteiger partial charge in [0.25, 0.3) is 0 Å². The maximum atomic E-state index is 6.59. The molecule has 1 aliphatic rings. The number of anilines is 2. The van der Waals surface area contributed by atoms with E-state index in [0.29, 0.717) is 12.4 Å². The zero-order chi connectivity index (χ0) is 25.2. The molecule has 0 saturated carbocycles. The predicted octanol–water partition coefficient (Wildman–Crippen LogP) is 4.98. The van der Waals surface area contributed by atoms with Crippen molar-refractivity contribution < 1.29 is 4.74 Å². The molecule has 7 nitrogen and oxygen atoms in total. The lowest BCUT2D eigenvalue weighted by atomic mass is 10.1. The molecule has 37 heavy (non-hydrogen) atoms. The number of hydrogen-bond acceptors (Lipinski definition) is 6. The van der Waals surface area contributed by atoms with E-state index in [0.717, 1.165) is 65.4 Å². The smallest absolute Gasteiger partial charge is 0.165 e. The van der Waals surface area contributed by atoms with Gasteiger partial charge in [-0.05, 0) is 48.0 Å². The van der Waals surface area contributed by atoms with E-state index in [4.69, 9.17) is 15.5 Å². The van der Waals surface area contributed by atoms with Crippen LogP contribution in [0.4, 0.5) is 11.5 Å². The van der Waals surface area contributed by atoms with Crippen LogP contribution < -0.4 is 15.4 Å². The van der Waals surface area contributed by atoms with Crippen molar-refractivity contribution in [2.24, 2.45) is 0 Å². The molecule has 0 aliphatic carbocycles. The number of likely N-dealkylation sites (N-methyl/N-ethyl adjacent to an activating group) is 1. The Kier molecular flexibility index (Phi) is 6.20. The molecule has 186 valence electrons. The summed E-state index contributed by atoms with van der Waals surface area (Å²) in [6, 6.07) is 26.7.